The number of H-pyrrole nitrogens is 1. The first kappa shape index (κ1) is 15.7. The molecule has 0 unspecified atom stereocenters. The zero-order chi connectivity index (χ0) is 18.7. The van der Waals surface area contributed by atoms with Gasteiger partial charge >= 0.3 is 0 Å². The lowest BCUT2D eigenvalue weighted by Gasteiger charge is -2.32. The van der Waals surface area contributed by atoms with Crippen molar-refractivity contribution in [1.82, 2.24) is 29.2 Å². The molecule has 7 heteroatoms. The molecule has 0 radical (unpaired) electrons. The predicted octanol–water partition coefficient (Wildman–Crippen LogP) is 3.08. The maximum absolute atomic E-state index is 12.5. The van der Waals surface area contributed by atoms with E-state index in [1.54, 1.807) is 6.20 Å². The molecule has 0 atom stereocenters. The summed E-state index contributed by atoms with van der Waals surface area (Å²) < 4.78 is 4.27. The van der Waals surface area contributed by atoms with E-state index in [1.807, 2.05) is 34.1 Å². The van der Waals surface area contributed by atoms with Crippen LogP contribution in [0, 0.1) is 5.92 Å². The molecule has 1 saturated heterocycles. The van der Waals surface area contributed by atoms with Gasteiger partial charge in [-0.1, -0.05) is 0 Å². The summed E-state index contributed by atoms with van der Waals surface area (Å²) in [5.74, 6) is 0.761. The molecule has 6 heterocycles. The maximum atomic E-state index is 12.5. The second-order valence-electron chi connectivity index (χ2n) is 7.77. The lowest BCUT2D eigenvalue weighted by atomic mass is 9.96. The second-order valence-corrected chi connectivity index (χ2v) is 7.77. The molecule has 1 amide bonds. The first-order valence-corrected chi connectivity index (χ1v) is 9.72. The molecule has 3 aromatic heterocycles. The molecule has 3 aromatic rings. The van der Waals surface area contributed by atoms with Crippen molar-refractivity contribution in [3.8, 4) is 16.9 Å². The number of rotatable bonds is 4. The third-order valence-corrected chi connectivity index (χ3v) is 6.04. The van der Waals surface area contributed by atoms with Crippen molar-refractivity contribution in [2.45, 2.75) is 19.4 Å². The highest BCUT2D eigenvalue weighted by Gasteiger charge is 2.31. The van der Waals surface area contributed by atoms with Crippen molar-refractivity contribution in [1.29, 1.82) is 0 Å². The van der Waals surface area contributed by atoms with Gasteiger partial charge in [0.2, 0.25) is 0 Å². The molecule has 0 saturated carbocycles. The molecule has 28 heavy (non-hydrogen) atoms. The summed E-state index contributed by atoms with van der Waals surface area (Å²) >= 11 is 0. The fourth-order valence-electron chi connectivity index (χ4n) is 4.28. The number of carbonyl (C=O) groups excluding carboxylic acids is 1. The van der Waals surface area contributed by atoms with E-state index in [0.717, 1.165) is 54.9 Å². The fourth-order valence-corrected chi connectivity index (χ4v) is 4.28. The Morgan fingerprint density at radius 3 is 2.82 bits per heavy atom. The molecule has 0 bridgehead atoms. The normalized spacial score (nSPS) is 16.1. The van der Waals surface area contributed by atoms with Crippen molar-refractivity contribution in [2.24, 2.45) is 5.92 Å². The van der Waals surface area contributed by atoms with E-state index in [-0.39, 0.29) is 5.91 Å². The Morgan fingerprint density at radius 2 is 2.11 bits per heavy atom. The van der Waals surface area contributed by atoms with Crippen LogP contribution < -0.4 is 0 Å². The Balaban J connectivity index is 1.14. The van der Waals surface area contributed by atoms with Gasteiger partial charge in [-0.3, -0.25) is 14.9 Å². The molecule has 1 fully saturated rings. The smallest absolute Gasteiger partial charge is 0.270 e. The third-order valence-electron chi connectivity index (χ3n) is 6.04. The van der Waals surface area contributed by atoms with Crippen LogP contribution in [0.4, 0.5) is 0 Å². The largest absolute Gasteiger partial charge is 0.346 e. The van der Waals surface area contributed by atoms with Crippen LogP contribution >= 0.6 is 0 Å². The highest BCUT2D eigenvalue weighted by Crippen LogP contribution is 2.31. The molecule has 0 spiro atoms. The van der Waals surface area contributed by atoms with Crippen molar-refractivity contribution in [3.05, 3.63) is 54.9 Å². The van der Waals surface area contributed by atoms with E-state index in [1.165, 1.54) is 11.1 Å². The molecule has 7 nitrogen and oxygen atoms in total. The summed E-state index contributed by atoms with van der Waals surface area (Å²) in [4.78, 5) is 19.1. The summed E-state index contributed by atoms with van der Waals surface area (Å²) in [5, 5.41) is 8.02. The standard InChI is InChI=1S/C21H20N6O/c28-21(19-8-17-13-27(17)19)25-4-1-14(2-5-25)12-26-6-3-15-7-18(22-11-20(15)26)16-9-23-24-10-16/h3,6-11,13-14H,1-2,4-5,12H2,(H,23,24). The van der Waals surface area contributed by atoms with Gasteiger partial charge in [0.05, 0.1) is 29.3 Å². The summed E-state index contributed by atoms with van der Waals surface area (Å²) in [6, 6.07) is 6.24. The molecule has 0 aliphatic carbocycles. The molecule has 6 rings (SSSR count). The number of nitrogens with one attached hydrogen (secondary N) is 1. The number of nitrogens with zero attached hydrogens (tertiary/aromatic N) is 5. The molecular formula is C21H20N6O. The summed E-state index contributed by atoms with van der Waals surface area (Å²) in [6.45, 7) is 2.65. The summed E-state index contributed by atoms with van der Waals surface area (Å²) in [7, 11) is 0. The van der Waals surface area contributed by atoms with E-state index >= 15 is 0 Å². The average Bonchev–Trinajstić information content (AvgIpc) is 3.12. The second kappa shape index (κ2) is 5.82. The van der Waals surface area contributed by atoms with Gasteiger partial charge < -0.3 is 14.0 Å². The highest BCUT2D eigenvalue weighted by atomic mass is 16.2. The first-order chi connectivity index (χ1) is 13.8. The van der Waals surface area contributed by atoms with E-state index < -0.39 is 0 Å². The monoisotopic (exact) mass is 372 g/mol. The number of aromatic nitrogens is 5. The van der Waals surface area contributed by atoms with Gasteiger partial charge in [-0.15, -0.1) is 0 Å². The molecule has 3 aliphatic heterocycles. The minimum Gasteiger partial charge on any atom is -0.346 e. The Labute approximate surface area is 161 Å². The molecule has 1 N–H and O–H groups in total. The lowest BCUT2D eigenvalue weighted by molar-refractivity contribution is 0.0674. The quantitative estimate of drug-likeness (QED) is 0.527. The number of likely N-dealkylation sites (tertiary alicyclic amines) is 1. The van der Waals surface area contributed by atoms with Crippen molar-refractivity contribution < 1.29 is 4.79 Å². The van der Waals surface area contributed by atoms with Gasteiger partial charge in [0.1, 0.15) is 5.69 Å². The zero-order valence-electron chi connectivity index (χ0n) is 15.4. The van der Waals surface area contributed by atoms with Gasteiger partial charge in [-0.2, -0.15) is 5.10 Å². The van der Waals surface area contributed by atoms with E-state index in [4.69, 9.17) is 0 Å². The predicted molar refractivity (Wildman–Crippen MR) is 105 cm³/mol. The molecular weight excluding hydrogens is 352 g/mol. The highest BCUT2D eigenvalue weighted by molar-refractivity contribution is 5.97. The van der Waals surface area contributed by atoms with Crippen LogP contribution in [0.15, 0.2) is 49.2 Å². The molecule has 3 aliphatic rings. The summed E-state index contributed by atoms with van der Waals surface area (Å²) in [5.41, 5.74) is 5.11. The Hall–Kier alpha value is -3.35. The van der Waals surface area contributed by atoms with Crippen LogP contribution in [-0.4, -0.2) is 48.2 Å². The van der Waals surface area contributed by atoms with Gasteiger partial charge in [-0.25, -0.2) is 0 Å². The van der Waals surface area contributed by atoms with Crippen LogP contribution in [0.2, 0.25) is 0 Å². The Bertz CT molecular complexity index is 1180. The van der Waals surface area contributed by atoms with E-state index in [2.05, 4.69) is 38.1 Å². The SMILES string of the molecule is O=C(c1cc2cn1-2)N1CCC(Cn2ccc3cc(-c4cn[nH]c4)ncc32)CC1. The van der Waals surface area contributed by atoms with E-state index in [9.17, 15) is 4.79 Å². The van der Waals surface area contributed by atoms with Crippen molar-refractivity contribution >= 4 is 16.8 Å². The number of amides is 1. The van der Waals surface area contributed by atoms with Gasteiger partial charge in [0.15, 0.2) is 0 Å². The van der Waals surface area contributed by atoms with Crippen LogP contribution in [0.5, 0.6) is 0 Å². The number of pyridine rings is 1. The number of fused-ring (bicyclic) bond motifs is 2. The average molecular weight is 372 g/mol. The number of piperidine rings is 1. The van der Waals surface area contributed by atoms with Crippen molar-refractivity contribution in [2.75, 3.05) is 13.1 Å². The minimum absolute atomic E-state index is 0.179. The fraction of sp³-hybridized carbons (Fsp3) is 0.286. The Morgan fingerprint density at radius 1 is 1.21 bits per heavy atom. The summed E-state index contributed by atoms with van der Waals surface area (Å²) in [6.07, 6.45) is 11.8. The molecule has 0 aromatic carbocycles. The zero-order valence-corrected chi connectivity index (χ0v) is 15.4. The number of carbonyl (C=O) groups is 1. The van der Waals surface area contributed by atoms with Gasteiger partial charge in [0, 0.05) is 49.2 Å². The topological polar surface area (TPSA) is 71.7 Å². The minimum atomic E-state index is 0.179. The van der Waals surface area contributed by atoms with Crippen LogP contribution in [0.1, 0.15) is 23.3 Å². The molecule has 140 valence electrons. The third kappa shape index (κ3) is 2.46. The van der Waals surface area contributed by atoms with Crippen LogP contribution in [-0.2, 0) is 6.54 Å². The number of aromatic amines is 1. The Kier molecular flexibility index (Phi) is 3.26. The van der Waals surface area contributed by atoms with E-state index in [0.29, 0.717) is 5.92 Å². The van der Waals surface area contributed by atoms with Crippen LogP contribution in [0.3, 0.4) is 0 Å². The lowest BCUT2D eigenvalue weighted by Crippen LogP contribution is -2.40. The van der Waals surface area contributed by atoms with Crippen molar-refractivity contribution in [3.63, 3.8) is 0 Å². The van der Waals surface area contributed by atoms with Gasteiger partial charge in [0.25, 0.3) is 5.91 Å². The maximum Gasteiger partial charge on any atom is 0.270 e. The number of hydrogen-bond donors (Lipinski definition) is 1. The first-order valence-electron chi connectivity index (χ1n) is 9.72. The van der Waals surface area contributed by atoms with Crippen LogP contribution in [0.25, 0.3) is 27.8 Å². The van der Waals surface area contributed by atoms with Gasteiger partial charge in [-0.05, 0) is 37.0 Å². The number of hydrogen-bond acceptors (Lipinski definition) is 3.